The normalized spacial score (nSPS) is 12.5. The molecule has 0 bridgehead atoms. The zero-order valence-corrected chi connectivity index (χ0v) is 11.3. The first-order valence-electron chi connectivity index (χ1n) is 5.69. The van der Waals surface area contributed by atoms with Gasteiger partial charge in [0.2, 0.25) is 5.91 Å². The van der Waals surface area contributed by atoms with Crippen LogP contribution >= 0.6 is 11.8 Å². The lowest BCUT2D eigenvalue weighted by Gasteiger charge is -2.08. The number of hydrogen-bond acceptors (Lipinski definition) is 3. The van der Waals surface area contributed by atoms with Gasteiger partial charge in [0.25, 0.3) is 0 Å². The third kappa shape index (κ3) is 5.24. The van der Waals surface area contributed by atoms with Gasteiger partial charge < -0.3 is 10.4 Å². The molecule has 3 nitrogen and oxygen atoms in total. The van der Waals surface area contributed by atoms with Gasteiger partial charge in [-0.2, -0.15) is 0 Å². The van der Waals surface area contributed by atoms with Crippen molar-refractivity contribution < 1.29 is 9.90 Å². The minimum Gasteiger partial charge on any atom is -0.389 e. The molecule has 0 fully saturated rings. The highest BCUT2D eigenvalue weighted by Crippen LogP contribution is 2.20. The SMILES string of the molecule is CC(C)NC(=O)CSc1ccc(C(C)O)cc1. The van der Waals surface area contributed by atoms with E-state index in [0.717, 1.165) is 10.5 Å². The maximum atomic E-state index is 11.4. The number of thioether (sulfide) groups is 1. The van der Waals surface area contributed by atoms with Crippen molar-refractivity contribution in [1.29, 1.82) is 0 Å². The Labute approximate surface area is 107 Å². The minimum atomic E-state index is -0.446. The number of carbonyl (C=O) groups is 1. The van der Waals surface area contributed by atoms with Crippen LogP contribution in [0.4, 0.5) is 0 Å². The van der Waals surface area contributed by atoms with Crippen molar-refractivity contribution in [3.8, 4) is 0 Å². The Bertz CT molecular complexity index is 360. The standard InChI is InChI=1S/C13H19NO2S/c1-9(2)14-13(16)8-17-12-6-4-11(5-7-12)10(3)15/h4-7,9-10,15H,8H2,1-3H3,(H,14,16). The maximum absolute atomic E-state index is 11.4. The summed E-state index contributed by atoms with van der Waals surface area (Å²) in [5, 5.41) is 12.2. The molecule has 1 rings (SSSR count). The average molecular weight is 253 g/mol. The van der Waals surface area contributed by atoms with Crippen molar-refractivity contribution in [2.24, 2.45) is 0 Å². The van der Waals surface area contributed by atoms with Gasteiger partial charge in [0.1, 0.15) is 0 Å². The summed E-state index contributed by atoms with van der Waals surface area (Å²) in [4.78, 5) is 12.5. The maximum Gasteiger partial charge on any atom is 0.230 e. The minimum absolute atomic E-state index is 0.0459. The highest BCUT2D eigenvalue weighted by molar-refractivity contribution is 8.00. The number of aliphatic hydroxyl groups excluding tert-OH is 1. The Morgan fingerprint density at radius 2 is 1.88 bits per heavy atom. The second kappa shape index (κ2) is 6.67. The van der Waals surface area contributed by atoms with Gasteiger partial charge in [0.05, 0.1) is 11.9 Å². The second-order valence-corrected chi connectivity index (χ2v) is 5.30. The van der Waals surface area contributed by atoms with Gasteiger partial charge >= 0.3 is 0 Å². The quantitative estimate of drug-likeness (QED) is 0.792. The fourth-order valence-electron chi connectivity index (χ4n) is 1.36. The van der Waals surface area contributed by atoms with Crippen molar-refractivity contribution in [2.45, 2.75) is 37.8 Å². The van der Waals surface area contributed by atoms with E-state index < -0.39 is 6.10 Å². The highest BCUT2D eigenvalue weighted by Gasteiger charge is 2.05. The fourth-order valence-corrected chi connectivity index (χ4v) is 2.06. The molecular weight excluding hydrogens is 234 g/mol. The predicted molar refractivity (Wildman–Crippen MR) is 71.1 cm³/mol. The van der Waals surface area contributed by atoms with Gasteiger partial charge in [-0.3, -0.25) is 4.79 Å². The molecule has 0 saturated heterocycles. The van der Waals surface area contributed by atoms with Crippen molar-refractivity contribution in [3.05, 3.63) is 29.8 Å². The van der Waals surface area contributed by atoms with E-state index in [1.165, 1.54) is 11.8 Å². The first-order valence-corrected chi connectivity index (χ1v) is 6.68. The largest absolute Gasteiger partial charge is 0.389 e. The van der Waals surface area contributed by atoms with Crippen molar-refractivity contribution in [1.82, 2.24) is 5.32 Å². The van der Waals surface area contributed by atoms with Crippen LogP contribution in [0.2, 0.25) is 0 Å². The third-order valence-corrected chi connectivity index (χ3v) is 3.19. The molecule has 0 saturated carbocycles. The van der Waals surface area contributed by atoms with E-state index in [1.54, 1.807) is 6.92 Å². The molecule has 0 aliphatic rings. The second-order valence-electron chi connectivity index (χ2n) is 4.26. The molecule has 0 aromatic heterocycles. The summed E-state index contributed by atoms with van der Waals surface area (Å²) in [7, 11) is 0. The summed E-state index contributed by atoms with van der Waals surface area (Å²) in [5.74, 6) is 0.469. The summed E-state index contributed by atoms with van der Waals surface area (Å²) in [6, 6.07) is 7.80. The van der Waals surface area contributed by atoms with E-state index in [9.17, 15) is 9.90 Å². The first-order chi connectivity index (χ1) is 7.99. The zero-order valence-electron chi connectivity index (χ0n) is 10.4. The predicted octanol–water partition coefficient (Wildman–Crippen LogP) is 2.36. The fraction of sp³-hybridized carbons (Fsp3) is 0.462. The van der Waals surface area contributed by atoms with Crippen LogP contribution in [0.25, 0.3) is 0 Å². The third-order valence-electron chi connectivity index (χ3n) is 2.18. The van der Waals surface area contributed by atoms with Gasteiger partial charge in [0, 0.05) is 10.9 Å². The van der Waals surface area contributed by atoms with Crippen LogP contribution in [0.5, 0.6) is 0 Å². The molecule has 1 aromatic carbocycles. The van der Waals surface area contributed by atoms with Gasteiger partial charge in [-0.25, -0.2) is 0 Å². The molecule has 17 heavy (non-hydrogen) atoms. The van der Waals surface area contributed by atoms with Gasteiger partial charge in [-0.1, -0.05) is 12.1 Å². The molecule has 0 spiro atoms. The molecular formula is C13H19NO2S. The van der Waals surface area contributed by atoms with Gasteiger partial charge in [0.15, 0.2) is 0 Å². The van der Waals surface area contributed by atoms with Crippen molar-refractivity contribution in [2.75, 3.05) is 5.75 Å². The van der Waals surface area contributed by atoms with Gasteiger partial charge in [-0.15, -0.1) is 11.8 Å². The molecule has 0 heterocycles. The Balaban J connectivity index is 2.44. The van der Waals surface area contributed by atoms with Crippen molar-refractivity contribution in [3.63, 3.8) is 0 Å². The van der Waals surface area contributed by atoms with Crippen LogP contribution in [0.1, 0.15) is 32.4 Å². The number of amides is 1. The smallest absolute Gasteiger partial charge is 0.230 e. The number of aliphatic hydroxyl groups is 1. The van der Waals surface area contributed by atoms with Crippen LogP contribution in [-0.2, 0) is 4.79 Å². The van der Waals surface area contributed by atoms with E-state index in [4.69, 9.17) is 0 Å². The molecule has 0 aliphatic heterocycles. The number of carbonyl (C=O) groups excluding carboxylic acids is 1. The average Bonchev–Trinajstić information content (AvgIpc) is 2.26. The lowest BCUT2D eigenvalue weighted by molar-refractivity contribution is -0.119. The first kappa shape index (κ1) is 14.1. The summed E-state index contributed by atoms with van der Waals surface area (Å²) in [6.45, 7) is 5.62. The van der Waals surface area contributed by atoms with E-state index >= 15 is 0 Å². The van der Waals surface area contributed by atoms with Crippen LogP contribution in [0.3, 0.4) is 0 Å². The number of hydrogen-bond donors (Lipinski definition) is 2. The molecule has 0 aliphatic carbocycles. The van der Waals surface area contributed by atoms with Crippen LogP contribution in [0, 0.1) is 0 Å². The molecule has 1 atom stereocenters. The zero-order chi connectivity index (χ0) is 12.8. The summed E-state index contributed by atoms with van der Waals surface area (Å²) >= 11 is 1.50. The van der Waals surface area contributed by atoms with Crippen LogP contribution in [-0.4, -0.2) is 22.8 Å². The Morgan fingerprint density at radius 1 is 1.29 bits per heavy atom. The lowest BCUT2D eigenvalue weighted by atomic mass is 10.1. The number of benzene rings is 1. The van der Waals surface area contributed by atoms with E-state index in [0.29, 0.717) is 5.75 Å². The number of rotatable bonds is 5. The van der Waals surface area contributed by atoms with E-state index in [2.05, 4.69) is 5.32 Å². The monoisotopic (exact) mass is 253 g/mol. The Hall–Kier alpha value is -1.00. The summed E-state index contributed by atoms with van der Waals surface area (Å²) in [5.41, 5.74) is 0.890. The Morgan fingerprint density at radius 3 is 2.35 bits per heavy atom. The molecule has 0 radical (unpaired) electrons. The summed E-state index contributed by atoms with van der Waals surface area (Å²) < 4.78 is 0. The van der Waals surface area contributed by atoms with Crippen LogP contribution < -0.4 is 5.32 Å². The summed E-state index contributed by atoms with van der Waals surface area (Å²) in [6.07, 6.45) is -0.446. The van der Waals surface area contributed by atoms with E-state index in [-0.39, 0.29) is 11.9 Å². The molecule has 94 valence electrons. The van der Waals surface area contributed by atoms with Gasteiger partial charge in [-0.05, 0) is 38.5 Å². The molecule has 1 amide bonds. The Kier molecular flexibility index (Phi) is 5.51. The van der Waals surface area contributed by atoms with Crippen LogP contribution in [0.15, 0.2) is 29.2 Å². The topological polar surface area (TPSA) is 49.3 Å². The lowest BCUT2D eigenvalue weighted by Crippen LogP contribution is -2.31. The van der Waals surface area contributed by atoms with Crippen molar-refractivity contribution >= 4 is 17.7 Å². The molecule has 1 aromatic rings. The highest BCUT2D eigenvalue weighted by atomic mass is 32.2. The van der Waals surface area contributed by atoms with E-state index in [1.807, 2.05) is 38.1 Å². The number of nitrogens with one attached hydrogen (secondary N) is 1. The molecule has 4 heteroatoms. The molecule has 1 unspecified atom stereocenters. The molecule has 2 N–H and O–H groups in total.